The van der Waals surface area contributed by atoms with E-state index >= 15 is 0 Å². The van der Waals surface area contributed by atoms with Crippen molar-refractivity contribution >= 4 is 66.1 Å². The molecule has 3 aromatic rings. The molecule has 0 saturated heterocycles. The number of halogens is 2. The van der Waals surface area contributed by atoms with Crippen LogP contribution in [0.3, 0.4) is 0 Å². The second-order valence-electron chi connectivity index (χ2n) is 6.44. The minimum absolute atomic E-state index is 0.233. The minimum atomic E-state index is 0.233. The molecule has 3 aromatic heterocycles. The van der Waals surface area contributed by atoms with Gasteiger partial charge in [-0.15, -0.1) is 22.7 Å². The van der Waals surface area contributed by atoms with Gasteiger partial charge in [0.1, 0.15) is 5.15 Å². The van der Waals surface area contributed by atoms with Crippen LogP contribution >= 0.6 is 50.2 Å². The normalized spacial score (nSPS) is 20.9. The van der Waals surface area contributed by atoms with Crippen LogP contribution in [0.25, 0.3) is 10.2 Å². The van der Waals surface area contributed by atoms with Gasteiger partial charge < -0.3 is 11.1 Å². The molecule has 7 heteroatoms. The van der Waals surface area contributed by atoms with Crippen LogP contribution in [-0.2, 0) is 6.54 Å². The van der Waals surface area contributed by atoms with E-state index in [-0.39, 0.29) is 6.04 Å². The number of anilines is 1. The van der Waals surface area contributed by atoms with Gasteiger partial charge in [-0.3, -0.25) is 0 Å². The smallest absolute Gasteiger partial charge is 0.131 e. The average molecular weight is 457 g/mol. The van der Waals surface area contributed by atoms with Gasteiger partial charge in [0.25, 0.3) is 0 Å². The van der Waals surface area contributed by atoms with Gasteiger partial charge in [-0.05, 0) is 40.2 Å². The molecule has 0 aliphatic heterocycles. The Morgan fingerprint density at radius 3 is 2.96 bits per heavy atom. The lowest BCUT2D eigenvalue weighted by atomic mass is 9.84. The molecule has 1 aliphatic carbocycles. The molecule has 0 radical (unpaired) electrons. The highest BCUT2D eigenvalue weighted by atomic mass is 79.9. The topological polar surface area (TPSA) is 50.9 Å². The van der Waals surface area contributed by atoms with Crippen LogP contribution in [-0.4, -0.2) is 11.0 Å². The van der Waals surface area contributed by atoms with Crippen LogP contribution in [0.1, 0.15) is 41.4 Å². The zero-order chi connectivity index (χ0) is 17.4. The van der Waals surface area contributed by atoms with E-state index in [0.717, 1.165) is 39.8 Å². The number of pyridine rings is 1. The molecule has 2 atom stereocenters. The maximum atomic E-state index is 6.42. The third-order valence-electron chi connectivity index (χ3n) is 4.77. The van der Waals surface area contributed by atoms with Gasteiger partial charge in [-0.2, -0.15) is 0 Å². The number of hydrogen-bond donors (Lipinski definition) is 2. The lowest BCUT2D eigenvalue weighted by molar-refractivity contribution is 0.389. The van der Waals surface area contributed by atoms with Gasteiger partial charge in [-0.25, -0.2) is 4.98 Å². The molecule has 1 aliphatic rings. The zero-order valence-electron chi connectivity index (χ0n) is 13.6. The van der Waals surface area contributed by atoms with Gasteiger partial charge in [0.2, 0.25) is 0 Å². The number of nitrogens with one attached hydrogen (secondary N) is 1. The van der Waals surface area contributed by atoms with E-state index in [4.69, 9.17) is 17.3 Å². The molecule has 132 valence electrons. The second kappa shape index (κ2) is 7.53. The maximum Gasteiger partial charge on any atom is 0.131 e. The molecular formula is C18H19BrClN3S2. The predicted molar refractivity (Wildman–Crippen MR) is 113 cm³/mol. The summed E-state index contributed by atoms with van der Waals surface area (Å²) in [6.07, 6.45) is 4.73. The zero-order valence-corrected chi connectivity index (χ0v) is 17.6. The standard InChI is InChI=1S/C18H19BrClN3S2/c19-15-16-18(25-17(15)11-5-1-2-6-12(11)21)13(8-14(20)23-16)22-9-10-4-3-7-24-10/h3-4,7-8,11-12H,1-2,5-6,9,21H2,(H,22,23)/t11-,12-/m1/s1. The third-order valence-corrected chi connectivity index (χ3v) is 8.25. The third kappa shape index (κ3) is 3.60. The maximum absolute atomic E-state index is 6.42. The highest BCUT2D eigenvalue weighted by Gasteiger charge is 2.28. The lowest BCUT2D eigenvalue weighted by Crippen LogP contribution is -2.30. The van der Waals surface area contributed by atoms with E-state index in [1.165, 1.54) is 22.6 Å². The summed E-state index contributed by atoms with van der Waals surface area (Å²) >= 11 is 13.6. The van der Waals surface area contributed by atoms with E-state index in [1.54, 1.807) is 22.7 Å². The first-order valence-corrected chi connectivity index (χ1v) is 11.3. The Balaban J connectivity index is 1.72. The van der Waals surface area contributed by atoms with Crippen LogP contribution in [0.5, 0.6) is 0 Å². The van der Waals surface area contributed by atoms with Gasteiger partial charge in [0.15, 0.2) is 0 Å². The van der Waals surface area contributed by atoms with E-state index in [0.29, 0.717) is 11.1 Å². The van der Waals surface area contributed by atoms with E-state index in [9.17, 15) is 0 Å². The van der Waals surface area contributed by atoms with Gasteiger partial charge in [-0.1, -0.05) is 30.5 Å². The lowest BCUT2D eigenvalue weighted by Gasteiger charge is -2.28. The molecule has 0 amide bonds. The highest BCUT2D eigenvalue weighted by Crippen LogP contribution is 2.46. The van der Waals surface area contributed by atoms with Crippen molar-refractivity contribution in [3.63, 3.8) is 0 Å². The highest BCUT2D eigenvalue weighted by molar-refractivity contribution is 9.10. The van der Waals surface area contributed by atoms with Gasteiger partial charge in [0.05, 0.1) is 20.4 Å². The Morgan fingerprint density at radius 1 is 1.36 bits per heavy atom. The first kappa shape index (κ1) is 17.7. The molecule has 0 aromatic carbocycles. The molecule has 3 heterocycles. The molecule has 4 rings (SSSR count). The van der Waals surface area contributed by atoms with Crippen LogP contribution in [0.2, 0.25) is 5.15 Å². The molecule has 0 spiro atoms. The van der Waals surface area contributed by atoms with Crippen LogP contribution in [0.4, 0.5) is 5.69 Å². The Morgan fingerprint density at radius 2 is 2.20 bits per heavy atom. The Labute approximate surface area is 168 Å². The average Bonchev–Trinajstić information content (AvgIpc) is 3.22. The fourth-order valence-corrected chi connectivity index (χ4v) is 6.60. The quantitative estimate of drug-likeness (QED) is 0.448. The van der Waals surface area contributed by atoms with Crippen molar-refractivity contribution in [1.29, 1.82) is 0 Å². The van der Waals surface area contributed by atoms with Crippen LogP contribution in [0, 0.1) is 0 Å². The molecule has 0 bridgehead atoms. The van der Waals surface area contributed by atoms with Crippen LogP contribution < -0.4 is 11.1 Å². The van der Waals surface area contributed by atoms with Crippen molar-refractivity contribution in [3.8, 4) is 0 Å². The van der Waals surface area contributed by atoms with Crippen molar-refractivity contribution in [2.75, 3.05) is 5.32 Å². The molecule has 1 saturated carbocycles. The van der Waals surface area contributed by atoms with Crippen molar-refractivity contribution in [1.82, 2.24) is 4.98 Å². The monoisotopic (exact) mass is 455 g/mol. The summed E-state index contributed by atoms with van der Waals surface area (Å²) in [6, 6.07) is 6.36. The largest absolute Gasteiger partial charge is 0.379 e. The molecular weight excluding hydrogens is 438 g/mol. The number of aromatic nitrogens is 1. The summed E-state index contributed by atoms with van der Waals surface area (Å²) in [6.45, 7) is 0.793. The molecule has 3 nitrogen and oxygen atoms in total. The number of thiophene rings is 2. The number of nitrogens with two attached hydrogens (primary N) is 1. The Hall–Kier alpha value is -0.660. The van der Waals surface area contributed by atoms with Crippen molar-refractivity contribution < 1.29 is 0 Å². The van der Waals surface area contributed by atoms with Crippen molar-refractivity contribution in [3.05, 3.63) is 43.0 Å². The summed E-state index contributed by atoms with van der Waals surface area (Å²) in [4.78, 5) is 7.19. The first-order chi connectivity index (χ1) is 12.1. The Bertz CT molecular complexity index is 878. The van der Waals surface area contributed by atoms with E-state index in [1.807, 2.05) is 6.07 Å². The fourth-order valence-electron chi connectivity index (χ4n) is 3.48. The van der Waals surface area contributed by atoms with Crippen LogP contribution in [0.15, 0.2) is 28.1 Å². The first-order valence-electron chi connectivity index (χ1n) is 8.43. The number of hydrogen-bond acceptors (Lipinski definition) is 5. The molecule has 0 unspecified atom stereocenters. The number of fused-ring (bicyclic) bond motifs is 1. The van der Waals surface area contributed by atoms with Crippen molar-refractivity contribution in [2.24, 2.45) is 5.73 Å². The Kier molecular flexibility index (Phi) is 5.34. The minimum Gasteiger partial charge on any atom is -0.379 e. The summed E-state index contributed by atoms with van der Waals surface area (Å²) < 4.78 is 2.22. The van der Waals surface area contributed by atoms with Crippen molar-refractivity contribution in [2.45, 2.75) is 44.2 Å². The van der Waals surface area contributed by atoms with Gasteiger partial charge in [0, 0.05) is 34.3 Å². The van der Waals surface area contributed by atoms with E-state index in [2.05, 4.69) is 43.7 Å². The SMILES string of the molecule is N[C@@H]1CCCC[C@H]1c1sc2c(NCc3cccs3)cc(Cl)nc2c1Br. The van der Waals surface area contributed by atoms with E-state index < -0.39 is 0 Å². The predicted octanol–water partition coefficient (Wildman–Crippen LogP) is 6.37. The number of rotatable bonds is 4. The summed E-state index contributed by atoms with van der Waals surface area (Å²) in [5, 5.41) is 6.14. The summed E-state index contributed by atoms with van der Waals surface area (Å²) in [5.74, 6) is 0.409. The molecule has 25 heavy (non-hydrogen) atoms. The summed E-state index contributed by atoms with van der Waals surface area (Å²) in [7, 11) is 0. The molecule has 1 fully saturated rings. The summed E-state index contributed by atoms with van der Waals surface area (Å²) in [5.41, 5.74) is 8.41. The number of nitrogens with zero attached hydrogens (tertiary/aromatic N) is 1. The fraction of sp³-hybridized carbons (Fsp3) is 0.389. The second-order valence-corrected chi connectivity index (χ2v) is 9.70. The molecule has 3 N–H and O–H groups in total. The van der Waals surface area contributed by atoms with Gasteiger partial charge >= 0.3 is 0 Å².